The van der Waals surface area contributed by atoms with Crippen molar-refractivity contribution in [2.24, 2.45) is 0 Å². The lowest BCUT2D eigenvalue weighted by Gasteiger charge is -2.24. The molecule has 0 unspecified atom stereocenters. The molecule has 0 aliphatic heterocycles. The normalized spacial score (nSPS) is 11.2. The summed E-state index contributed by atoms with van der Waals surface area (Å²) in [5.74, 6) is 1.94. The highest BCUT2D eigenvalue weighted by atomic mass is 16.6. The maximum absolute atomic E-state index is 12.0. The number of carbonyl (C=O) groups excluding carboxylic acids is 1. The molecule has 0 bridgehead atoms. The predicted molar refractivity (Wildman–Crippen MR) is 123 cm³/mol. The van der Waals surface area contributed by atoms with Crippen molar-refractivity contribution in [3.8, 4) is 23.0 Å². The topological polar surface area (TPSA) is 111 Å². The Morgan fingerprint density at radius 2 is 1.70 bits per heavy atom. The number of esters is 1. The number of hydrogen-bond acceptors (Lipinski definition) is 8. The SMILES string of the molecule is CCOC(=O)C(C)(C)Oc1ccc(OCCc2nc(-c3ccc(B(O)O)cc3)oc2C)cc1. The van der Waals surface area contributed by atoms with Gasteiger partial charge in [-0.25, -0.2) is 9.78 Å². The van der Waals surface area contributed by atoms with Crippen molar-refractivity contribution >= 4 is 18.6 Å². The summed E-state index contributed by atoms with van der Waals surface area (Å²) in [6.07, 6.45) is 0.552. The lowest BCUT2D eigenvalue weighted by Crippen LogP contribution is -2.39. The van der Waals surface area contributed by atoms with Gasteiger partial charge in [0.2, 0.25) is 5.89 Å². The molecule has 8 nitrogen and oxygen atoms in total. The number of hydrogen-bond donors (Lipinski definition) is 2. The first-order chi connectivity index (χ1) is 15.7. The van der Waals surface area contributed by atoms with E-state index >= 15 is 0 Å². The molecular weight excluding hydrogens is 425 g/mol. The third kappa shape index (κ3) is 6.37. The van der Waals surface area contributed by atoms with Gasteiger partial charge in [-0.15, -0.1) is 0 Å². The predicted octanol–water partition coefficient (Wildman–Crippen LogP) is 2.67. The number of oxazole rings is 1. The Morgan fingerprint density at radius 3 is 2.30 bits per heavy atom. The number of rotatable bonds is 10. The fourth-order valence-electron chi connectivity index (χ4n) is 3.09. The standard InChI is InChI=1S/C24H28BNO7/c1-5-30-23(27)24(3,4)33-20-12-10-19(11-13-20)31-15-14-21-16(2)32-22(26-21)17-6-8-18(9-7-17)25(28)29/h6-13,28-29H,5,14-15H2,1-4H3. The van der Waals surface area contributed by atoms with Crippen LogP contribution >= 0.6 is 0 Å². The maximum Gasteiger partial charge on any atom is 0.488 e. The van der Waals surface area contributed by atoms with E-state index in [1.54, 1.807) is 69.3 Å². The van der Waals surface area contributed by atoms with E-state index < -0.39 is 18.7 Å². The highest BCUT2D eigenvalue weighted by molar-refractivity contribution is 6.58. The average molecular weight is 453 g/mol. The summed E-state index contributed by atoms with van der Waals surface area (Å²) in [5.41, 5.74) is 0.846. The second-order valence-electron chi connectivity index (χ2n) is 7.92. The van der Waals surface area contributed by atoms with Crippen LogP contribution in [0.2, 0.25) is 0 Å². The second kappa shape index (κ2) is 10.5. The number of aryl methyl sites for hydroxylation is 1. The third-order valence-corrected chi connectivity index (χ3v) is 4.92. The minimum absolute atomic E-state index is 0.297. The van der Waals surface area contributed by atoms with E-state index in [0.717, 1.165) is 11.3 Å². The summed E-state index contributed by atoms with van der Waals surface area (Å²) < 4.78 is 22.3. The summed E-state index contributed by atoms with van der Waals surface area (Å²) in [6.45, 7) is 7.61. The molecule has 0 aliphatic carbocycles. The van der Waals surface area contributed by atoms with E-state index in [1.807, 2.05) is 6.92 Å². The van der Waals surface area contributed by atoms with Gasteiger partial charge in [0.25, 0.3) is 0 Å². The molecule has 3 rings (SSSR count). The van der Waals surface area contributed by atoms with Gasteiger partial charge in [-0.2, -0.15) is 0 Å². The van der Waals surface area contributed by atoms with Gasteiger partial charge in [-0.1, -0.05) is 12.1 Å². The average Bonchev–Trinajstić information content (AvgIpc) is 3.15. The number of aromatic nitrogens is 1. The molecule has 0 saturated heterocycles. The van der Waals surface area contributed by atoms with Crippen molar-refractivity contribution in [3.63, 3.8) is 0 Å². The first kappa shape index (κ1) is 24.3. The number of carbonyl (C=O) groups is 1. The van der Waals surface area contributed by atoms with Crippen LogP contribution in [0.15, 0.2) is 52.9 Å². The molecule has 0 fully saturated rings. The van der Waals surface area contributed by atoms with E-state index in [1.165, 1.54) is 0 Å². The first-order valence-corrected chi connectivity index (χ1v) is 10.7. The van der Waals surface area contributed by atoms with Crippen LogP contribution in [0, 0.1) is 6.92 Å². The zero-order valence-corrected chi connectivity index (χ0v) is 19.2. The van der Waals surface area contributed by atoms with Crippen LogP contribution in [0.1, 0.15) is 32.2 Å². The number of benzene rings is 2. The molecule has 9 heteroatoms. The van der Waals surface area contributed by atoms with Crippen LogP contribution in [0.5, 0.6) is 11.5 Å². The van der Waals surface area contributed by atoms with Gasteiger partial charge in [0, 0.05) is 12.0 Å². The zero-order chi connectivity index (χ0) is 24.0. The van der Waals surface area contributed by atoms with Crippen molar-refractivity contribution in [2.45, 2.75) is 39.7 Å². The summed E-state index contributed by atoms with van der Waals surface area (Å²) in [7, 11) is -1.51. The van der Waals surface area contributed by atoms with Crippen molar-refractivity contribution in [1.82, 2.24) is 4.98 Å². The maximum atomic E-state index is 12.0. The van der Waals surface area contributed by atoms with Crippen LogP contribution in [0.3, 0.4) is 0 Å². The molecular formula is C24H28BNO7. The van der Waals surface area contributed by atoms with E-state index in [0.29, 0.717) is 48.2 Å². The highest BCUT2D eigenvalue weighted by Gasteiger charge is 2.31. The van der Waals surface area contributed by atoms with Crippen LogP contribution < -0.4 is 14.9 Å². The molecule has 3 aromatic rings. The molecule has 0 amide bonds. The van der Waals surface area contributed by atoms with Gasteiger partial charge >= 0.3 is 13.1 Å². The Balaban J connectivity index is 1.55. The molecule has 33 heavy (non-hydrogen) atoms. The summed E-state index contributed by atoms with van der Waals surface area (Å²) in [4.78, 5) is 16.5. The molecule has 174 valence electrons. The molecule has 0 saturated carbocycles. The lowest BCUT2D eigenvalue weighted by atomic mass is 9.80. The van der Waals surface area contributed by atoms with E-state index in [4.69, 9.17) is 18.6 Å². The van der Waals surface area contributed by atoms with E-state index in [-0.39, 0.29) is 0 Å². The Morgan fingerprint density at radius 1 is 1.06 bits per heavy atom. The summed E-state index contributed by atoms with van der Waals surface area (Å²) in [5, 5.41) is 18.4. The van der Waals surface area contributed by atoms with Crippen LogP contribution in [0.4, 0.5) is 0 Å². The number of ether oxygens (including phenoxy) is 3. The van der Waals surface area contributed by atoms with Gasteiger partial charge in [-0.3, -0.25) is 0 Å². The lowest BCUT2D eigenvalue weighted by molar-refractivity contribution is -0.158. The highest BCUT2D eigenvalue weighted by Crippen LogP contribution is 2.24. The number of nitrogens with zero attached hydrogens (tertiary/aromatic N) is 1. The van der Waals surface area contributed by atoms with Crippen molar-refractivity contribution in [1.29, 1.82) is 0 Å². The Kier molecular flexibility index (Phi) is 7.78. The molecule has 1 heterocycles. The molecule has 0 aliphatic rings. The van der Waals surface area contributed by atoms with E-state index in [2.05, 4.69) is 4.98 Å². The van der Waals surface area contributed by atoms with Gasteiger partial charge < -0.3 is 28.7 Å². The van der Waals surface area contributed by atoms with Crippen molar-refractivity contribution in [3.05, 3.63) is 60.0 Å². The van der Waals surface area contributed by atoms with Crippen molar-refractivity contribution < 1.29 is 33.5 Å². The van der Waals surface area contributed by atoms with E-state index in [9.17, 15) is 14.8 Å². The van der Waals surface area contributed by atoms with Gasteiger partial charge in [0.15, 0.2) is 5.60 Å². The van der Waals surface area contributed by atoms with Gasteiger partial charge in [0.1, 0.15) is 17.3 Å². The third-order valence-electron chi connectivity index (χ3n) is 4.92. The molecule has 1 aromatic heterocycles. The first-order valence-electron chi connectivity index (χ1n) is 10.7. The molecule has 0 atom stereocenters. The molecule has 0 spiro atoms. The molecule has 2 aromatic carbocycles. The minimum Gasteiger partial charge on any atom is -0.493 e. The quantitative estimate of drug-likeness (QED) is 0.356. The molecule has 2 N–H and O–H groups in total. The molecule has 0 radical (unpaired) electrons. The summed E-state index contributed by atoms with van der Waals surface area (Å²) >= 11 is 0. The largest absolute Gasteiger partial charge is 0.493 e. The Labute approximate surface area is 193 Å². The second-order valence-corrected chi connectivity index (χ2v) is 7.92. The fraction of sp³-hybridized carbons (Fsp3) is 0.333. The van der Waals surface area contributed by atoms with Gasteiger partial charge in [-0.05, 0) is 69.6 Å². The smallest absolute Gasteiger partial charge is 0.488 e. The summed E-state index contributed by atoms with van der Waals surface area (Å²) in [6, 6.07) is 13.7. The Bertz CT molecular complexity index is 1060. The minimum atomic E-state index is -1.51. The van der Waals surface area contributed by atoms with Crippen LogP contribution in [0.25, 0.3) is 11.5 Å². The van der Waals surface area contributed by atoms with Crippen LogP contribution in [-0.4, -0.2) is 46.9 Å². The fourth-order valence-corrected chi connectivity index (χ4v) is 3.09. The monoisotopic (exact) mass is 453 g/mol. The van der Waals surface area contributed by atoms with Gasteiger partial charge in [0.05, 0.1) is 18.9 Å². The Hall–Kier alpha value is -3.30. The van der Waals surface area contributed by atoms with Crippen molar-refractivity contribution in [2.75, 3.05) is 13.2 Å². The zero-order valence-electron chi connectivity index (χ0n) is 19.2. The van der Waals surface area contributed by atoms with Crippen LogP contribution in [-0.2, 0) is 16.0 Å².